The molecule has 0 aromatic heterocycles. The molecular weight excluding hydrogens is 150 g/mol. The Hall–Kier alpha value is -1.62. The molecule has 0 heterocycles. The van der Waals surface area contributed by atoms with Crippen LogP contribution in [0.5, 0.6) is 0 Å². The van der Waals surface area contributed by atoms with E-state index in [2.05, 4.69) is 0 Å². The van der Waals surface area contributed by atoms with E-state index >= 15 is 0 Å². The molecule has 0 saturated carbocycles. The summed E-state index contributed by atoms with van der Waals surface area (Å²) < 4.78 is 0. The Kier molecular flexibility index (Phi) is 2.60. The summed E-state index contributed by atoms with van der Waals surface area (Å²) in [6.45, 7) is 1.61. The number of carbonyl (C=O) groups is 1. The van der Waals surface area contributed by atoms with Gasteiger partial charge < -0.3 is 0 Å². The molecule has 0 aliphatic heterocycles. The van der Waals surface area contributed by atoms with Gasteiger partial charge >= 0.3 is 0 Å². The van der Waals surface area contributed by atoms with Gasteiger partial charge in [0.15, 0.2) is 5.78 Å². The molecule has 12 heavy (non-hydrogen) atoms. The minimum atomic E-state index is -0.549. The Morgan fingerprint density at radius 3 is 2.50 bits per heavy atom. The fourth-order valence-corrected chi connectivity index (χ4v) is 0.911. The van der Waals surface area contributed by atoms with Crippen LogP contribution in [-0.4, -0.2) is 5.78 Å². The third-order valence-corrected chi connectivity index (χ3v) is 1.65. The molecule has 2 heteroatoms. The van der Waals surface area contributed by atoms with Gasteiger partial charge in [0, 0.05) is 5.56 Å². The first-order valence-corrected chi connectivity index (χ1v) is 3.74. The number of nitriles is 1. The number of Topliss-reactive ketones (excluding diaryl/α,β-unsaturated/α-hetero) is 1. The van der Waals surface area contributed by atoms with Crippen LogP contribution in [0.3, 0.4) is 0 Å². The quantitative estimate of drug-likeness (QED) is 0.619. The van der Waals surface area contributed by atoms with Gasteiger partial charge in [-0.15, -0.1) is 0 Å². The highest BCUT2D eigenvalue weighted by Gasteiger charge is 2.12. The van der Waals surface area contributed by atoms with Crippen LogP contribution in [0.1, 0.15) is 17.3 Å². The van der Waals surface area contributed by atoms with Gasteiger partial charge in [0.2, 0.25) is 0 Å². The van der Waals surface area contributed by atoms with E-state index in [1.54, 1.807) is 31.2 Å². The Morgan fingerprint density at radius 2 is 2.00 bits per heavy atom. The Bertz CT molecular complexity index is 310. The standard InChI is InChI=1S/C10H9NO/c1-8(7-11)10(12)9-5-3-2-4-6-9/h2-6,8H,1H3/t8-/m0/s1. The van der Waals surface area contributed by atoms with Crippen molar-refractivity contribution in [1.82, 2.24) is 0 Å². The molecule has 1 atom stereocenters. The highest BCUT2D eigenvalue weighted by atomic mass is 16.1. The van der Waals surface area contributed by atoms with E-state index in [-0.39, 0.29) is 5.78 Å². The number of carbonyl (C=O) groups excluding carboxylic acids is 1. The lowest BCUT2D eigenvalue weighted by molar-refractivity contribution is 0.0956. The Balaban J connectivity index is 2.88. The van der Waals surface area contributed by atoms with Crippen molar-refractivity contribution in [3.63, 3.8) is 0 Å². The van der Waals surface area contributed by atoms with Crippen molar-refractivity contribution in [1.29, 1.82) is 5.26 Å². The molecule has 0 aliphatic rings. The van der Waals surface area contributed by atoms with Crippen LogP contribution in [-0.2, 0) is 0 Å². The van der Waals surface area contributed by atoms with E-state index < -0.39 is 5.92 Å². The monoisotopic (exact) mass is 159 g/mol. The summed E-state index contributed by atoms with van der Waals surface area (Å²) in [5, 5.41) is 8.50. The fourth-order valence-electron chi connectivity index (χ4n) is 0.911. The lowest BCUT2D eigenvalue weighted by Gasteiger charge is -1.99. The summed E-state index contributed by atoms with van der Waals surface area (Å²) in [5.74, 6) is -0.662. The normalized spacial score (nSPS) is 11.7. The summed E-state index contributed by atoms with van der Waals surface area (Å²) in [6.07, 6.45) is 0. The zero-order valence-corrected chi connectivity index (χ0v) is 6.82. The molecule has 0 N–H and O–H groups in total. The molecular formula is C10H9NO. The maximum atomic E-state index is 11.4. The number of ketones is 1. The summed E-state index contributed by atoms with van der Waals surface area (Å²) >= 11 is 0. The van der Waals surface area contributed by atoms with Gasteiger partial charge in [-0.1, -0.05) is 30.3 Å². The van der Waals surface area contributed by atoms with Crippen molar-refractivity contribution in [2.45, 2.75) is 6.92 Å². The molecule has 0 unspecified atom stereocenters. The summed E-state index contributed by atoms with van der Waals surface area (Å²) in [4.78, 5) is 11.4. The third kappa shape index (κ3) is 1.70. The largest absolute Gasteiger partial charge is 0.293 e. The first kappa shape index (κ1) is 8.48. The lowest BCUT2D eigenvalue weighted by Crippen LogP contribution is -2.08. The van der Waals surface area contributed by atoms with E-state index in [9.17, 15) is 4.79 Å². The van der Waals surface area contributed by atoms with Crippen LogP contribution in [0.15, 0.2) is 30.3 Å². The van der Waals surface area contributed by atoms with Crippen LogP contribution in [0, 0.1) is 17.2 Å². The summed E-state index contributed by atoms with van der Waals surface area (Å²) in [6, 6.07) is 10.8. The first-order valence-electron chi connectivity index (χ1n) is 3.74. The van der Waals surface area contributed by atoms with Crippen LogP contribution in [0.2, 0.25) is 0 Å². The van der Waals surface area contributed by atoms with Crippen LogP contribution >= 0.6 is 0 Å². The molecule has 60 valence electrons. The van der Waals surface area contributed by atoms with Crippen molar-refractivity contribution in [2.75, 3.05) is 0 Å². The summed E-state index contributed by atoms with van der Waals surface area (Å²) in [7, 11) is 0. The number of benzene rings is 1. The molecule has 0 radical (unpaired) electrons. The van der Waals surface area contributed by atoms with Crippen molar-refractivity contribution in [3.8, 4) is 6.07 Å². The topological polar surface area (TPSA) is 40.9 Å². The maximum absolute atomic E-state index is 11.4. The second-order valence-electron chi connectivity index (χ2n) is 2.58. The predicted molar refractivity (Wildman–Crippen MR) is 45.5 cm³/mol. The number of hydrogen-bond acceptors (Lipinski definition) is 2. The number of nitrogens with zero attached hydrogens (tertiary/aromatic N) is 1. The third-order valence-electron chi connectivity index (χ3n) is 1.65. The van der Waals surface area contributed by atoms with Crippen LogP contribution in [0.25, 0.3) is 0 Å². The molecule has 0 bridgehead atoms. The fraction of sp³-hybridized carbons (Fsp3) is 0.200. The molecule has 1 aromatic carbocycles. The van der Waals surface area contributed by atoms with Gasteiger partial charge in [0.1, 0.15) is 5.92 Å². The van der Waals surface area contributed by atoms with E-state index in [1.165, 1.54) is 0 Å². The van der Waals surface area contributed by atoms with Crippen LogP contribution < -0.4 is 0 Å². The molecule has 1 aromatic rings. The van der Waals surface area contributed by atoms with Gasteiger partial charge in [0.25, 0.3) is 0 Å². The van der Waals surface area contributed by atoms with E-state index in [4.69, 9.17) is 5.26 Å². The van der Waals surface area contributed by atoms with Gasteiger partial charge in [-0.2, -0.15) is 5.26 Å². The smallest absolute Gasteiger partial charge is 0.179 e. The average molecular weight is 159 g/mol. The zero-order chi connectivity index (χ0) is 8.97. The Morgan fingerprint density at radius 1 is 1.42 bits per heavy atom. The van der Waals surface area contributed by atoms with Gasteiger partial charge in [-0.25, -0.2) is 0 Å². The molecule has 2 nitrogen and oxygen atoms in total. The van der Waals surface area contributed by atoms with E-state index in [0.717, 1.165) is 0 Å². The molecule has 0 fully saturated rings. The van der Waals surface area contributed by atoms with Gasteiger partial charge in [0.05, 0.1) is 6.07 Å². The van der Waals surface area contributed by atoms with Crippen molar-refractivity contribution in [3.05, 3.63) is 35.9 Å². The highest BCUT2D eigenvalue weighted by molar-refractivity contribution is 5.98. The number of hydrogen-bond donors (Lipinski definition) is 0. The second-order valence-corrected chi connectivity index (χ2v) is 2.58. The maximum Gasteiger partial charge on any atom is 0.179 e. The first-order chi connectivity index (χ1) is 5.75. The minimum absolute atomic E-state index is 0.113. The van der Waals surface area contributed by atoms with Gasteiger partial charge in [-0.05, 0) is 6.92 Å². The second kappa shape index (κ2) is 3.68. The van der Waals surface area contributed by atoms with Crippen molar-refractivity contribution in [2.24, 2.45) is 5.92 Å². The highest BCUT2D eigenvalue weighted by Crippen LogP contribution is 2.06. The van der Waals surface area contributed by atoms with Gasteiger partial charge in [-0.3, -0.25) is 4.79 Å². The van der Waals surface area contributed by atoms with Crippen molar-refractivity contribution < 1.29 is 4.79 Å². The lowest BCUT2D eigenvalue weighted by atomic mass is 10.0. The van der Waals surface area contributed by atoms with E-state index in [0.29, 0.717) is 5.56 Å². The molecule has 0 amide bonds. The SMILES string of the molecule is C[C@@H](C#N)C(=O)c1ccccc1. The van der Waals surface area contributed by atoms with Crippen molar-refractivity contribution >= 4 is 5.78 Å². The molecule has 0 saturated heterocycles. The van der Waals surface area contributed by atoms with E-state index in [1.807, 2.05) is 12.1 Å². The zero-order valence-electron chi connectivity index (χ0n) is 6.82. The molecule has 0 spiro atoms. The van der Waals surface area contributed by atoms with Crippen LogP contribution in [0.4, 0.5) is 0 Å². The minimum Gasteiger partial charge on any atom is -0.293 e. The molecule has 1 rings (SSSR count). The summed E-state index contributed by atoms with van der Waals surface area (Å²) in [5.41, 5.74) is 0.603. The molecule has 0 aliphatic carbocycles. The Labute approximate surface area is 71.4 Å². The number of rotatable bonds is 2. The average Bonchev–Trinajstić information content (AvgIpc) is 2.17. The predicted octanol–water partition coefficient (Wildman–Crippen LogP) is 2.03.